The highest BCUT2D eigenvalue weighted by atomic mass is 16.5. The second-order valence-electron chi connectivity index (χ2n) is 8.45. The van der Waals surface area contributed by atoms with Crippen molar-refractivity contribution in [1.29, 1.82) is 0 Å². The van der Waals surface area contributed by atoms with Crippen LogP contribution in [0.5, 0.6) is 0 Å². The lowest BCUT2D eigenvalue weighted by atomic mass is 10.0. The van der Waals surface area contributed by atoms with Crippen LogP contribution in [0.3, 0.4) is 0 Å². The maximum Gasteiger partial charge on any atom is 0.240 e. The molecule has 2 aromatic rings. The van der Waals surface area contributed by atoms with Gasteiger partial charge in [0.15, 0.2) is 0 Å². The molecule has 0 spiro atoms. The summed E-state index contributed by atoms with van der Waals surface area (Å²) >= 11 is 0. The molecule has 1 aromatic carbocycles. The van der Waals surface area contributed by atoms with E-state index in [0.717, 1.165) is 72.0 Å². The lowest BCUT2D eigenvalue weighted by Gasteiger charge is -2.33. The molecule has 3 N–H and O–H groups in total. The zero-order valence-corrected chi connectivity index (χ0v) is 17.6. The number of amides is 1. The van der Waals surface area contributed by atoms with Gasteiger partial charge in [-0.1, -0.05) is 24.3 Å². The van der Waals surface area contributed by atoms with Crippen LogP contribution in [-0.4, -0.2) is 57.5 Å². The third kappa shape index (κ3) is 2.94. The quantitative estimate of drug-likeness (QED) is 0.780. The van der Waals surface area contributed by atoms with Gasteiger partial charge >= 0.3 is 0 Å². The number of nitrogens with two attached hydrogens (primary N) is 1. The number of carbonyl (C=O) groups is 1. The first-order chi connectivity index (χ1) is 15.7. The number of aliphatic imine (C=N–C) groups is 1. The summed E-state index contributed by atoms with van der Waals surface area (Å²) in [7, 11) is 0. The SMILES string of the molecule is NC(=O)[C@@H]1CCCN1C1=COCC2=C3C1=CN=C(c1ccc(-c4cc[nH]n4)cc1)N3CC2. The standard InChI is InChI=1S/C24H24N6O2/c25-23(31)20-2-1-10-29(20)21-14-32-13-17-8-11-30-22(17)18(21)12-26-24(30)16-5-3-15(4-6-16)19-7-9-27-28-19/h3-7,9,12,14,20H,1-2,8,10-11,13H2,(H2,25,31)(H,27,28)/t20-/m0/s1. The van der Waals surface area contributed by atoms with Crippen LogP contribution in [0.25, 0.3) is 11.3 Å². The Kier molecular flexibility index (Phi) is 4.38. The number of primary amides is 1. The number of nitrogens with zero attached hydrogens (tertiary/aromatic N) is 4. The van der Waals surface area contributed by atoms with E-state index < -0.39 is 0 Å². The number of aromatic nitrogens is 2. The smallest absolute Gasteiger partial charge is 0.240 e. The lowest BCUT2D eigenvalue weighted by Crippen LogP contribution is -2.41. The van der Waals surface area contributed by atoms with Crippen LogP contribution in [0.15, 0.2) is 76.5 Å². The van der Waals surface area contributed by atoms with E-state index in [2.05, 4.69) is 44.3 Å². The molecule has 0 aliphatic carbocycles. The zero-order chi connectivity index (χ0) is 21.7. The van der Waals surface area contributed by atoms with Crippen molar-refractivity contribution in [2.45, 2.75) is 25.3 Å². The van der Waals surface area contributed by atoms with Gasteiger partial charge in [0, 0.05) is 42.2 Å². The molecule has 32 heavy (non-hydrogen) atoms. The first-order valence-corrected chi connectivity index (χ1v) is 11.0. The van der Waals surface area contributed by atoms with E-state index >= 15 is 0 Å². The van der Waals surface area contributed by atoms with Gasteiger partial charge in [-0.2, -0.15) is 5.10 Å². The first-order valence-electron chi connectivity index (χ1n) is 11.0. The molecule has 4 aliphatic heterocycles. The predicted molar refractivity (Wildman–Crippen MR) is 120 cm³/mol. The fourth-order valence-electron chi connectivity index (χ4n) is 5.10. The Morgan fingerprint density at radius 1 is 1.16 bits per heavy atom. The van der Waals surface area contributed by atoms with E-state index in [1.165, 1.54) is 5.57 Å². The normalized spacial score (nSPS) is 22.1. The van der Waals surface area contributed by atoms with Gasteiger partial charge in [-0.15, -0.1) is 0 Å². The first kappa shape index (κ1) is 18.9. The fourth-order valence-corrected chi connectivity index (χ4v) is 5.10. The van der Waals surface area contributed by atoms with E-state index in [9.17, 15) is 4.79 Å². The van der Waals surface area contributed by atoms with Crippen LogP contribution >= 0.6 is 0 Å². The molecule has 8 heteroatoms. The Balaban J connectivity index is 1.38. The van der Waals surface area contributed by atoms with Crippen molar-refractivity contribution >= 4 is 11.7 Å². The van der Waals surface area contributed by atoms with Crippen LogP contribution in [-0.2, 0) is 9.53 Å². The molecule has 1 fully saturated rings. The number of carbonyl (C=O) groups excluding carboxylic acids is 1. The summed E-state index contributed by atoms with van der Waals surface area (Å²) in [5.41, 5.74) is 13.1. The number of rotatable bonds is 4. The summed E-state index contributed by atoms with van der Waals surface area (Å²) in [5, 5.41) is 7.11. The van der Waals surface area contributed by atoms with Gasteiger partial charge in [-0.25, -0.2) is 4.99 Å². The highest BCUT2D eigenvalue weighted by Crippen LogP contribution is 2.41. The Labute approximate surface area is 185 Å². The summed E-state index contributed by atoms with van der Waals surface area (Å²) < 4.78 is 5.93. The van der Waals surface area contributed by atoms with E-state index in [1.807, 2.05) is 18.5 Å². The van der Waals surface area contributed by atoms with Crippen LogP contribution < -0.4 is 5.73 Å². The number of H-pyrrole nitrogens is 1. The van der Waals surface area contributed by atoms with Crippen LogP contribution in [0.4, 0.5) is 0 Å². The molecule has 0 bridgehead atoms. The minimum atomic E-state index is -0.303. The van der Waals surface area contributed by atoms with E-state index in [-0.39, 0.29) is 11.9 Å². The summed E-state index contributed by atoms with van der Waals surface area (Å²) in [6.07, 6.45) is 8.16. The number of likely N-dealkylation sites (tertiary alicyclic amines) is 1. The Bertz CT molecular complexity index is 1190. The van der Waals surface area contributed by atoms with Crippen molar-refractivity contribution in [2.75, 3.05) is 19.7 Å². The van der Waals surface area contributed by atoms with Gasteiger partial charge in [0.05, 0.1) is 17.1 Å². The second kappa shape index (κ2) is 7.40. The van der Waals surface area contributed by atoms with Crippen LogP contribution in [0.1, 0.15) is 24.8 Å². The number of benzene rings is 1. The fraction of sp³-hybridized carbons (Fsp3) is 0.292. The molecule has 1 atom stereocenters. The number of nitrogens with one attached hydrogen (secondary N) is 1. The molecule has 1 saturated heterocycles. The number of hydrogen-bond acceptors (Lipinski definition) is 6. The molecule has 1 amide bonds. The van der Waals surface area contributed by atoms with E-state index in [0.29, 0.717) is 6.61 Å². The molecular formula is C24H24N6O2. The highest BCUT2D eigenvalue weighted by Gasteiger charge is 2.39. The molecule has 0 saturated carbocycles. The molecule has 5 heterocycles. The molecule has 8 nitrogen and oxygen atoms in total. The monoisotopic (exact) mass is 428 g/mol. The summed E-state index contributed by atoms with van der Waals surface area (Å²) in [5.74, 6) is 0.643. The lowest BCUT2D eigenvalue weighted by molar-refractivity contribution is -0.121. The third-order valence-electron chi connectivity index (χ3n) is 6.63. The second-order valence-corrected chi connectivity index (χ2v) is 8.45. The van der Waals surface area contributed by atoms with Crippen molar-refractivity contribution in [1.82, 2.24) is 20.0 Å². The predicted octanol–water partition coefficient (Wildman–Crippen LogP) is 2.50. The molecule has 0 radical (unpaired) electrons. The number of hydrogen-bond donors (Lipinski definition) is 2. The zero-order valence-electron chi connectivity index (χ0n) is 17.6. The topological polar surface area (TPSA) is 99.8 Å². The van der Waals surface area contributed by atoms with Gasteiger partial charge in [0.25, 0.3) is 0 Å². The highest BCUT2D eigenvalue weighted by molar-refractivity contribution is 6.02. The maximum absolute atomic E-state index is 12.0. The number of ether oxygens (including phenoxy) is 1. The Morgan fingerprint density at radius 2 is 2.00 bits per heavy atom. The average molecular weight is 428 g/mol. The Morgan fingerprint density at radius 3 is 2.78 bits per heavy atom. The number of amidine groups is 1. The molecule has 1 aromatic heterocycles. The minimum absolute atomic E-state index is 0.289. The van der Waals surface area contributed by atoms with Crippen molar-refractivity contribution in [2.24, 2.45) is 10.7 Å². The average Bonchev–Trinajstić information content (AvgIpc) is 3.56. The van der Waals surface area contributed by atoms with E-state index in [4.69, 9.17) is 15.5 Å². The van der Waals surface area contributed by atoms with Crippen LogP contribution in [0, 0.1) is 0 Å². The number of aromatic amines is 1. The van der Waals surface area contributed by atoms with E-state index in [1.54, 1.807) is 6.26 Å². The van der Waals surface area contributed by atoms with Gasteiger partial charge in [-0.3, -0.25) is 9.89 Å². The minimum Gasteiger partial charge on any atom is -0.495 e. The molecule has 162 valence electrons. The Hall–Kier alpha value is -3.81. The maximum atomic E-state index is 12.0. The summed E-state index contributed by atoms with van der Waals surface area (Å²) in [6, 6.07) is 9.98. The van der Waals surface area contributed by atoms with Gasteiger partial charge in [-0.05, 0) is 30.9 Å². The summed E-state index contributed by atoms with van der Waals surface area (Å²) in [4.78, 5) is 21.3. The van der Waals surface area contributed by atoms with Crippen molar-refractivity contribution in [3.63, 3.8) is 0 Å². The molecule has 4 aliphatic rings. The molecular weight excluding hydrogens is 404 g/mol. The van der Waals surface area contributed by atoms with Crippen molar-refractivity contribution in [3.05, 3.63) is 77.1 Å². The molecule has 6 rings (SSSR count). The largest absolute Gasteiger partial charge is 0.495 e. The molecule has 0 unspecified atom stereocenters. The van der Waals surface area contributed by atoms with Gasteiger partial charge in [0.1, 0.15) is 24.7 Å². The van der Waals surface area contributed by atoms with Gasteiger partial charge in [0.2, 0.25) is 5.91 Å². The third-order valence-corrected chi connectivity index (χ3v) is 6.63. The van der Waals surface area contributed by atoms with Crippen molar-refractivity contribution in [3.8, 4) is 11.3 Å². The van der Waals surface area contributed by atoms with Crippen molar-refractivity contribution < 1.29 is 9.53 Å². The van der Waals surface area contributed by atoms with Crippen LogP contribution in [0.2, 0.25) is 0 Å². The van der Waals surface area contributed by atoms with Gasteiger partial charge < -0.3 is 20.3 Å². The summed E-state index contributed by atoms with van der Waals surface area (Å²) in [6.45, 7) is 2.19.